The maximum absolute atomic E-state index is 9.94. The van der Waals surface area contributed by atoms with E-state index in [1.165, 1.54) is 0 Å². The van der Waals surface area contributed by atoms with E-state index >= 15 is 0 Å². The fourth-order valence-electron chi connectivity index (χ4n) is 2.56. The molecule has 0 aromatic carbocycles. The monoisotopic (exact) mass is 230 g/mol. The van der Waals surface area contributed by atoms with Gasteiger partial charge in [-0.2, -0.15) is 0 Å². The smallest absolute Gasteiger partial charge is 0.166 e. The standard InChI is InChI=1S/C12H22O4/c1-8-6-12(2,3)16-11(15-8)9-7-14-5-4-10(9)13/h8-11,13H,4-7H2,1-3H3. The van der Waals surface area contributed by atoms with E-state index < -0.39 is 0 Å². The van der Waals surface area contributed by atoms with Gasteiger partial charge in [0.1, 0.15) is 0 Å². The van der Waals surface area contributed by atoms with Gasteiger partial charge in [-0.3, -0.25) is 0 Å². The number of aliphatic hydroxyl groups excluding tert-OH is 1. The summed E-state index contributed by atoms with van der Waals surface area (Å²) in [5.74, 6) is -0.0595. The highest BCUT2D eigenvalue weighted by molar-refractivity contribution is 4.83. The van der Waals surface area contributed by atoms with Crippen molar-refractivity contribution in [1.29, 1.82) is 0 Å². The first-order valence-electron chi connectivity index (χ1n) is 6.07. The molecule has 0 amide bonds. The lowest BCUT2D eigenvalue weighted by Crippen LogP contribution is -2.51. The highest BCUT2D eigenvalue weighted by Gasteiger charge is 2.41. The van der Waals surface area contributed by atoms with Gasteiger partial charge < -0.3 is 19.3 Å². The molecule has 2 rings (SSSR count). The Kier molecular flexibility index (Phi) is 3.54. The summed E-state index contributed by atoms with van der Waals surface area (Å²) >= 11 is 0. The minimum absolute atomic E-state index is 0.0595. The van der Waals surface area contributed by atoms with Crippen molar-refractivity contribution in [3.8, 4) is 0 Å². The van der Waals surface area contributed by atoms with Crippen molar-refractivity contribution < 1.29 is 19.3 Å². The molecule has 2 fully saturated rings. The van der Waals surface area contributed by atoms with Crippen LogP contribution in [0.3, 0.4) is 0 Å². The maximum Gasteiger partial charge on any atom is 0.166 e. The first-order valence-corrected chi connectivity index (χ1v) is 6.07. The molecule has 2 aliphatic heterocycles. The van der Waals surface area contributed by atoms with E-state index in [0.717, 1.165) is 6.42 Å². The van der Waals surface area contributed by atoms with Gasteiger partial charge in [-0.05, 0) is 27.2 Å². The Morgan fingerprint density at radius 3 is 2.69 bits per heavy atom. The van der Waals surface area contributed by atoms with E-state index in [-0.39, 0.29) is 30.0 Å². The topological polar surface area (TPSA) is 47.9 Å². The Morgan fingerprint density at radius 1 is 1.31 bits per heavy atom. The number of rotatable bonds is 1. The fourth-order valence-corrected chi connectivity index (χ4v) is 2.56. The van der Waals surface area contributed by atoms with Gasteiger partial charge in [0.15, 0.2) is 6.29 Å². The molecule has 94 valence electrons. The largest absolute Gasteiger partial charge is 0.392 e. The van der Waals surface area contributed by atoms with E-state index in [9.17, 15) is 5.11 Å². The molecule has 4 nitrogen and oxygen atoms in total. The number of aliphatic hydroxyl groups is 1. The van der Waals surface area contributed by atoms with Crippen molar-refractivity contribution in [2.75, 3.05) is 13.2 Å². The summed E-state index contributed by atoms with van der Waals surface area (Å²) in [6.45, 7) is 7.33. The number of ether oxygens (including phenoxy) is 3. The molecule has 16 heavy (non-hydrogen) atoms. The zero-order valence-electron chi connectivity index (χ0n) is 10.3. The summed E-state index contributed by atoms with van der Waals surface area (Å²) < 4.78 is 17.1. The lowest BCUT2D eigenvalue weighted by atomic mass is 9.94. The average molecular weight is 230 g/mol. The second-order valence-electron chi connectivity index (χ2n) is 5.49. The molecule has 4 heteroatoms. The van der Waals surface area contributed by atoms with Crippen LogP contribution in [0.4, 0.5) is 0 Å². The van der Waals surface area contributed by atoms with Crippen LogP contribution < -0.4 is 0 Å². The van der Waals surface area contributed by atoms with E-state index in [1.807, 2.05) is 6.92 Å². The molecule has 4 unspecified atom stereocenters. The minimum atomic E-state index is -0.375. The van der Waals surface area contributed by atoms with E-state index in [0.29, 0.717) is 19.6 Å². The van der Waals surface area contributed by atoms with Crippen LogP contribution >= 0.6 is 0 Å². The van der Waals surface area contributed by atoms with Crippen molar-refractivity contribution in [2.45, 2.75) is 57.7 Å². The van der Waals surface area contributed by atoms with Gasteiger partial charge in [0.2, 0.25) is 0 Å². The van der Waals surface area contributed by atoms with Gasteiger partial charge in [-0.1, -0.05) is 0 Å². The van der Waals surface area contributed by atoms with Crippen molar-refractivity contribution in [2.24, 2.45) is 5.92 Å². The fraction of sp³-hybridized carbons (Fsp3) is 1.00. The molecule has 0 radical (unpaired) electrons. The van der Waals surface area contributed by atoms with Gasteiger partial charge in [-0.25, -0.2) is 0 Å². The molecular formula is C12H22O4. The van der Waals surface area contributed by atoms with Crippen molar-refractivity contribution in [1.82, 2.24) is 0 Å². The molecule has 0 spiro atoms. The Bertz CT molecular complexity index is 241. The molecule has 4 atom stereocenters. The van der Waals surface area contributed by atoms with Crippen LogP contribution in [-0.2, 0) is 14.2 Å². The SMILES string of the molecule is CC1CC(C)(C)OC(C2COCCC2O)O1. The molecule has 0 aliphatic carbocycles. The van der Waals surface area contributed by atoms with Gasteiger partial charge in [0.25, 0.3) is 0 Å². The molecule has 2 heterocycles. The molecule has 0 aromatic heterocycles. The second-order valence-corrected chi connectivity index (χ2v) is 5.49. The first kappa shape index (κ1) is 12.3. The summed E-state index contributed by atoms with van der Waals surface area (Å²) in [5, 5.41) is 9.94. The first-order chi connectivity index (χ1) is 7.48. The van der Waals surface area contributed by atoms with Crippen LogP contribution in [-0.4, -0.2) is 42.4 Å². The van der Waals surface area contributed by atoms with Crippen molar-refractivity contribution in [3.05, 3.63) is 0 Å². The Labute approximate surface area is 96.9 Å². The minimum Gasteiger partial charge on any atom is -0.392 e. The molecule has 2 saturated heterocycles. The van der Waals surface area contributed by atoms with Crippen LogP contribution in [0.15, 0.2) is 0 Å². The summed E-state index contributed by atoms with van der Waals surface area (Å²) in [6.07, 6.45) is 1.01. The van der Waals surface area contributed by atoms with Crippen LogP contribution in [0.5, 0.6) is 0 Å². The maximum atomic E-state index is 9.94. The lowest BCUT2D eigenvalue weighted by Gasteiger charge is -2.44. The van der Waals surface area contributed by atoms with Gasteiger partial charge in [-0.15, -0.1) is 0 Å². The molecule has 1 N–H and O–H groups in total. The molecule has 0 bridgehead atoms. The Hall–Kier alpha value is -0.160. The van der Waals surface area contributed by atoms with E-state index in [4.69, 9.17) is 14.2 Å². The van der Waals surface area contributed by atoms with E-state index in [2.05, 4.69) is 13.8 Å². The number of hydrogen-bond donors (Lipinski definition) is 1. The van der Waals surface area contributed by atoms with Crippen LogP contribution in [0.25, 0.3) is 0 Å². The summed E-state index contributed by atoms with van der Waals surface area (Å²) in [6, 6.07) is 0. The second kappa shape index (κ2) is 4.61. The number of hydrogen-bond acceptors (Lipinski definition) is 4. The lowest BCUT2D eigenvalue weighted by molar-refractivity contribution is -0.305. The zero-order chi connectivity index (χ0) is 11.8. The van der Waals surface area contributed by atoms with Gasteiger partial charge in [0, 0.05) is 13.0 Å². The van der Waals surface area contributed by atoms with Crippen LogP contribution in [0.1, 0.15) is 33.6 Å². The van der Waals surface area contributed by atoms with Crippen LogP contribution in [0, 0.1) is 5.92 Å². The molecule has 0 aromatic rings. The Morgan fingerprint density at radius 2 is 2.06 bits per heavy atom. The zero-order valence-corrected chi connectivity index (χ0v) is 10.3. The quantitative estimate of drug-likeness (QED) is 0.738. The van der Waals surface area contributed by atoms with Crippen molar-refractivity contribution >= 4 is 0 Å². The van der Waals surface area contributed by atoms with Gasteiger partial charge >= 0.3 is 0 Å². The molecular weight excluding hydrogens is 208 g/mol. The molecule has 0 saturated carbocycles. The predicted octanol–water partition coefficient (Wildman–Crippen LogP) is 1.31. The summed E-state index contributed by atoms with van der Waals surface area (Å²) in [5.41, 5.74) is -0.181. The highest BCUT2D eigenvalue weighted by atomic mass is 16.7. The van der Waals surface area contributed by atoms with E-state index in [1.54, 1.807) is 0 Å². The third-order valence-corrected chi connectivity index (χ3v) is 3.29. The highest BCUT2D eigenvalue weighted by Crippen LogP contribution is 2.33. The van der Waals surface area contributed by atoms with Gasteiger partial charge in [0.05, 0.1) is 30.3 Å². The third-order valence-electron chi connectivity index (χ3n) is 3.29. The normalized spacial score (nSPS) is 44.2. The molecule has 2 aliphatic rings. The Balaban J connectivity index is 2.02. The van der Waals surface area contributed by atoms with Crippen molar-refractivity contribution in [3.63, 3.8) is 0 Å². The average Bonchev–Trinajstić information content (AvgIpc) is 2.15. The summed E-state index contributed by atoms with van der Waals surface area (Å²) in [7, 11) is 0. The van der Waals surface area contributed by atoms with Crippen LogP contribution in [0.2, 0.25) is 0 Å². The predicted molar refractivity (Wildman–Crippen MR) is 59.0 cm³/mol. The third kappa shape index (κ3) is 2.74. The summed E-state index contributed by atoms with van der Waals surface area (Å²) in [4.78, 5) is 0.